The molecule has 0 radical (unpaired) electrons. The average Bonchev–Trinajstić information content (AvgIpc) is 2.55. The molecule has 0 bridgehead atoms. The predicted octanol–water partition coefficient (Wildman–Crippen LogP) is 4.69. The Bertz CT molecular complexity index is 683. The second kappa shape index (κ2) is 7.47. The number of benzene rings is 1. The molecule has 0 spiro atoms. The highest BCUT2D eigenvalue weighted by Crippen LogP contribution is 2.28. The fourth-order valence-corrected chi connectivity index (χ4v) is 2.99. The minimum absolute atomic E-state index is 0.119. The van der Waals surface area contributed by atoms with E-state index in [1.54, 1.807) is 6.20 Å². The van der Waals surface area contributed by atoms with Gasteiger partial charge < -0.3 is 10.6 Å². The number of nitrogens with zero attached hydrogens (tertiary/aromatic N) is 1. The van der Waals surface area contributed by atoms with Crippen molar-refractivity contribution in [2.24, 2.45) is 5.92 Å². The fraction of sp³-hybridized carbons (Fsp3) is 0.400. The highest BCUT2D eigenvalue weighted by Gasteiger charge is 2.25. The fourth-order valence-electron chi connectivity index (χ4n) is 2.99. The number of hydrogen-bond donors (Lipinski definition) is 2. The summed E-state index contributed by atoms with van der Waals surface area (Å²) in [6, 6.07) is 10.2. The first-order chi connectivity index (χ1) is 11.7. The molecule has 1 heterocycles. The van der Waals surface area contributed by atoms with E-state index in [1.807, 2.05) is 12.1 Å². The van der Waals surface area contributed by atoms with Crippen molar-refractivity contribution in [3.8, 4) is 0 Å². The van der Waals surface area contributed by atoms with Crippen molar-refractivity contribution >= 4 is 23.1 Å². The highest BCUT2D eigenvalue weighted by molar-refractivity contribution is 5.92. The van der Waals surface area contributed by atoms with Gasteiger partial charge in [-0.1, -0.05) is 38.5 Å². The van der Waals surface area contributed by atoms with Crippen molar-refractivity contribution in [2.45, 2.75) is 46.0 Å². The minimum Gasteiger partial charge on any atom is -0.340 e. The monoisotopic (exact) mass is 323 g/mol. The number of nitrogens with one attached hydrogen (secondary N) is 2. The summed E-state index contributed by atoms with van der Waals surface area (Å²) in [6.45, 7) is 4.32. The molecule has 4 nitrogen and oxygen atoms in total. The summed E-state index contributed by atoms with van der Waals surface area (Å²) in [5, 5.41) is 6.40. The molecule has 3 rings (SSSR count). The normalized spacial score (nSPS) is 14.1. The molecule has 0 unspecified atom stereocenters. The van der Waals surface area contributed by atoms with Crippen LogP contribution in [0.5, 0.6) is 0 Å². The number of pyridine rings is 1. The molecule has 1 aromatic carbocycles. The van der Waals surface area contributed by atoms with Gasteiger partial charge in [0.1, 0.15) is 5.82 Å². The zero-order valence-corrected chi connectivity index (χ0v) is 14.4. The van der Waals surface area contributed by atoms with E-state index in [-0.39, 0.29) is 11.8 Å². The van der Waals surface area contributed by atoms with E-state index in [1.165, 1.54) is 11.1 Å². The minimum atomic E-state index is 0.119. The quantitative estimate of drug-likeness (QED) is 0.811. The van der Waals surface area contributed by atoms with Gasteiger partial charge in [0.2, 0.25) is 5.91 Å². The molecule has 0 atom stereocenters. The zero-order chi connectivity index (χ0) is 16.9. The van der Waals surface area contributed by atoms with Crippen LogP contribution in [-0.2, 0) is 17.6 Å². The lowest BCUT2D eigenvalue weighted by Crippen LogP contribution is -2.28. The van der Waals surface area contributed by atoms with Crippen molar-refractivity contribution in [1.29, 1.82) is 0 Å². The summed E-state index contributed by atoms with van der Waals surface area (Å²) in [4.78, 5) is 16.4. The molecule has 0 aliphatic heterocycles. The number of amides is 1. The van der Waals surface area contributed by atoms with Crippen LogP contribution in [0.15, 0.2) is 36.5 Å². The maximum atomic E-state index is 12.0. The van der Waals surface area contributed by atoms with Crippen LogP contribution in [0.25, 0.3) is 0 Å². The Kier molecular flexibility index (Phi) is 5.14. The largest absolute Gasteiger partial charge is 0.340 e. The Morgan fingerprint density at radius 2 is 1.83 bits per heavy atom. The summed E-state index contributed by atoms with van der Waals surface area (Å²) in [5.41, 5.74) is 4.50. The first-order valence-electron chi connectivity index (χ1n) is 8.86. The third-order valence-electron chi connectivity index (χ3n) is 4.76. The van der Waals surface area contributed by atoms with Crippen LogP contribution in [-0.4, -0.2) is 10.9 Å². The van der Waals surface area contributed by atoms with Crippen LogP contribution in [0, 0.1) is 5.92 Å². The summed E-state index contributed by atoms with van der Waals surface area (Å²) in [6.07, 6.45) is 6.85. The van der Waals surface area contributed by atoms with E-state index in [0.717, 1.165) is 49.3 Å². The van der Waals surface area contributed by atoms with Crippen molar-refractivity contribution in [1.82, 2.24) is 4.98 Å². The maximum absolute atomic E-state index is 12.0. The van der Waals surface area contributed by atoms with Crippen LogP contribution in [0.1, 0.15) is 44.2 Å². The van der Waals surface area contributed by atoms with Gasteiger partial charge in [0.25, 0.3) is 0 Å². The molecule has 2 N–H and O–H groups in total. The zero-order valence-electron chi connectivity index (χ0n) is 14.4. The smallest absolute Gasteiger partial charge is 0.227 e. The molecule has 1 fully saturated rings. The number of aromatic nitrogens is 1. The molecule has 2 aromatic rings. The van der Waals surface area contributed by atoms with Crippen molar-refractivity contribution in [3.63, 3.8) is 0 Å². The van der Waals surface area contributed by atoms with E-state index in [4.69, 9.17) is 0 Å². The Hall–Kier alpha value is -2.36. The van der Waals surface area contributed by atoms with E-state index in [0.29, 0.717) is 0 Å². The number of carbonyl (C=O) groups excluding carboxylic acids is 1. The van der Waals surface area contributed by atoms with Gasteiger partial charge >= 0.3 is 0 Å². The molecular weight excluding hydrogens is 298 g/mol. The molecule has 24 heavy (non-hydrogen) atoms. The molecular formula is C20H25N3O. The van der Waals surface area contributed by atoms with Gasteiger partial charge in [0.15, 0.2) is 0 Å². The van der Waals surface area contributed by atoms with Crippen LogP contribution in [0.4, 0.5) is 17.2 Å². The summed E-state index contributed by atoms with van der Waals surface area (Å²) < 4.78 is 0. The van der Waals surface area contributed by atoms with Gasteiger partial charge in [-0.2, -0.15) is 0 Å². The lowest BCUT2D eigenvalue weighted by atomic mass is 9.85. The number of rotatable bonds is 6. The van der Waals surface area contributed by atoms with E-state index in [2.05, 4.69) is 47.7 Å². The summed E-state index contributed by atoms with van der Waals surface area (Å²) in [7, 11) is 0. The van der Waals surface area contributed by atoms with Gasteiger partial charge in [-0.3, -0.25) is 4.79 Å². The molecule has 0 saturated heterocycles. The second-order valence-electron chi connectivity index (χ2n) is 6.33. The molecule has 126 valence electrons. The number of hydrogen-bond acceptors (Lipinski definition) is 3. The van der Waals surface area contributed by atoms with Gasteiger partial charge in [-0.25, -0.2) is 4.98 Å². The molecule has 1 aromatic heterocycles. The molecule has 4 heteroatoms. The SMILES string of the molecule is CCc1cccc(CC)c1Nc1ccc(NC(=O)C2CCC2)cn1. The molecule has 1 aliphatic carbocycles. The third-order valence-corrected chi connectivity index (χ3v) is 4.76. The number of para-hydroxylation sites is 1. The molecule has 1 amide bonds. The van der Waals surface area contributed by atoms with Crippen molar-refractivity contribution in [2.75, 3.05) is 10.6 Å². The standard InChI is InChI=1S/C20H25N3O/c1-3-14-7-5-8-15(4-2)19(14)23-18-12-11-17(13-21-18)22-20(24)16-9-6-10-16/h5,7-8,11-13,16H,3-4,6,9-10H2,1-2H3,(H,21,23)(H,22,24). The first-order valence-corrected chi connectivity index (χ1v) is 8.86. The third kappa shape index (κ3) is 3.58. The lowest BCUT2D eigenvalue weighted by molar-refractivity contribution is -0.122. The maximum Gasteiger partial charge on any atom is 0.227 e. The van der Waals surface area contributed by atoms with Gasteiger partial charge in [0.05, 0.1) is 11.9 Å². The van der Waals surface area contributed by atoms with Crippen LogP contribution < -0.4 is 10.6 Å². The topological polar surface area (TPSA) is 54.0 Å². The second-order valence-corrected chi connectivity index (χ2v) is 6.33. The van der Waals surface area contributed by atoms with Gasteiger partial charge in [-0.05, 0) is 48.9 Å². The Labute approximate surface area is 143 Å². The number of aryl methyl sites for hydroxylation is 2. The van der Waals surface area contributed by atoms with Crippen LogP contribution >= 0.6 is 0 Å². The lowest BCUT2D eigenvalue weighted by Gasteiger charge is -2.24. The van der Waals surface area contributed by atoms with Crippen LogP contribution in [0.3, 0.4) is 0 Å². The van der Waals surface area contributed by atoms with Gasteiger partial charge in [0, 0.05) is 11.6 Å². The molecule has 1 aliphatic rings. The highest BCUT2D eigenvalue weighted by atomic mass is 16.1. The van der Waals surface area contributed by atoms with Crippen molar-refractivity contribution in [3.05, 3.63) is 47.7 Å². The number of carbonyl (C=O) groups is 1. The van der Waals surface area contributed by atoms with E-state index in [9.17, 15) is 4.79 Å². The van der Waals surface area contributed by atoms with Gasteiger partial charge in [-0.15, -0.1) is 0 Å². The molecule has 1 saturated carbocycles. The Balaban J connectivity index is 1.71. The van der Waals surface area contributed by atoms with E-state index >= 15 is 0 Å². The number of anilines is 3. The van der Waals surface area contributed by atoms with Crippen LogP contribution in [0.2, 0.25) is 0 Å². The Morgan fingerprint density at radius 1 is 1.12 bits per heavy atom. The average molecular weight is 323 g/mol. The summed E-state index contributed by atoms with van der Waals surface area (Å²) in [5.74, 6) is 1.10. The van der Waals surface area contributed by atoms with Crippen molar-refractivity contribution < 1.29 is 4.79 Å². The Morgan fingerprint density at radius 3 is 2.33 bits per heavy atom. The predicted molar refractivity (Wildman–Crippen MR) is 98.7 cm³/mol. The van der Waals surface area contributed by atoms with E-state index < -0.39 is 0 Å². The first kappa shape index (κ1) is 16.5. The summed E-state index contributed by atoms with van der Waals surface area (Å²) >= 11 is 0.